The van der Waals surface area contributed by atoms with Crippen molar-refractivity contribution in [2.75, 3.05) is 6.54 Å². The Labute approximate surface area is 153 Å². The van der Waals surface area contributed by atoms with Gasteiger partial charge in [0, 0.05) is 18.0 Å². The lowest BCUT2D eigenvalue weighted by Gasteiger charge is -2.48. The van der Waals surface area contributed by atoms with Crippen molar-refractivity contribution in [3.8, 4) is 0 Å². The molecule has 2 aliphatic rings. The standard InChI is InChI=1S/C22H25FN2O/c23-19-9-5-4-6-16(19)12-21(10-11-21)20(26)25-18-13-22(14-18,15-24)17-7-2-1-3-8-17/h1-9,18H,10-15,24H2,(H,25,26). The fraction of sp³-hybridized carbons (Fsp3) is 0.409. The summed E-state index contributed by atoms with van der Waals surface area (Å²) in [7, 11) is 0. The first-order chi connectivity index (χ1) is 12.6. The van der Waals surface area contributed by atoms with Crippen LogP contribution in [-0.2, 0) is 16.6 Å². The normalized spacial score (nSPS) is 26.0. The molecule has 0 heterocycles. The highest BCUT2D eigenvalue weighted by Crippen LogP contribution is 2.50. The second-order valence-electron chi connectivity index (χ2n) is 7.98. The quantitative estimate of drug-likeness (QED) is 0.838. The maximum Gasteiger partial charge on any atom is 0.226 e. The summed E-state index contributed by atoms with van der Waals surface area (Å²) in [6, 6.07) is 17.2. The third-order valence-electron chi connectivity index (χ3n) is 6.21. The molecule has 0 aromatic heterocycles. The molecule has 2 aliphatic carbocycles. The average molecular weight is 352 g/mol. The zero-order valence-electron chi connectivity index (χ0n) is 14.9. The van der Waals surface area contributed by atoms with Gasteiger partial charge in [0.1, 0.15) is 5.82 Å². The van der Waals surface area contributed by atoms with Gasteiger partial charge in [-0.2, -0.15) is 0 Å². The fourth-order valence-corrected chi connectivity index (χ4v) is 4.28. The third kappa shape index (κ3) is 3.03. The van der Waals surface area contributed by atoms with E-state index in [1.54, 1.807) is 12.1 Å². The molecule has 2 saturated carbocycles. The second-order valence-corrected chi connectivity index (χ2v) is 7.98. The summed E-state index contributed by atoms with van der Waals surface area (Å²) in [5.41, 5.74) is 7.49. The van der Waals surface area contributed by atoms with Gasteiger partial charge in [0.2, 0.25) is 5.91 Å². The van der Waals surface area contributed by atoms with E-state index >= 15 is 0 Å². The summed E-state index contributed by atoms with van der Waals surface area (Å²) in [4.78, 5) is 12.8. The van der Waals surface area contributed by atoms with Crippen LogP contribution in [0.25, 0.3) is 0 Å². The number of nitrogens with two attached hydrogens (primary N) is 1. The zero-order chi connectivity index (χ0) is 18.2. The van der Waals surface area contributed by atoms with Crippen molar-refractivity contribution in [1.29, 1.82) is 0 Å². The summed E-state index contributed by atoms with van der Waals surface area (Å²) >= 11 is 0. The van der Waals surface area contributed by atoms with Gasteiger partial charge >= 0.3 is 0 Å². The van der Waals surface area contributed by atoms with Crippen LogP contribution in [0.3, 0.4) is 0 Å². The zero-order valence-corrected chi connectivity index (χ0v) is 14.9. The summed E-state index contributed by atoms with van der Waals surface area (Å²) in [6.45, 7) is 0.587. The molecular weight excluding hydrogens is 327 g/mol. The number of carbonyl (C=O) groups excluding carboxylic acids is 1. The van der Waals surface area contributed by atoms with E-state index in [1.807, 2.05) is 24.3 Å². The molecule has 4 rings (SSSR count). The van der Waals surface area contributed by atoms with E-state index in [9.17, 15) is 9.18 Å². The fourth-order valence-electron chi connectivity index (χ4n) is 4.28. The SMILES string of the molecule is NCC1(c2ccccc2)CC(NC(=O)C2(Cc3ccccc3F)CC2)C1. The second kappa shape index (κ2) is 6.51. The predicted octanol–water partition coefficient (Wildman–Crippen LogP) is 3.32. The van der Waals surface area contributed by atoms with Crippen molar-refractivity contribution < 1.29 is 9.18 Å². The van der Waals surface area contributed by atoms with Crippen LogP contribution in [0.4, 0.5) is 4.39 Å². The minimum Gasteiger partial charge on any atom is -0.353 e. The van der Waals surface area contributed by atoms with Gasteiger partial charge in [0.15, 0.2) is 0 Å². The van der Waals surface area contributed by atoms with E-state index < -0.39 is 5.41 Å². The monoisotopic (exact) mass is 352 g/mol. The molecule has 0 radical (unpaired) electrons. The van der Waals surface area contributed by atoms with Crippen molar-refractivity contribution in [2.24, 2.45) is 11.1 Å². The molecule has 136 valence electrons. The van der Waals surface area contributed by atoms with Gasteiger partial charge in [-0.3, -0.25) is 4.79 Å². The third-order valence-corrected chi connectivity index (χ3v) is 6.21. The van der Waals surface area contributed by atoms with E-state index in [1.165, 1.54) is 11.6 Å². The summed E-state index contributed by atoms with van der Waals surface area (Å²) in [5, 5.41) is 3.20. The van der Waals surface area contributed by atoms with Gasteiger partial charge in [-0.25, -0.2) is 4.39 Å². The topological polar surface area (TPSA) is 55.1 Å². The Hall–Kier alpha value is -2.20. The molecule has 0 spiro atoms. The Balaban J connectivity index is 1.38. The number of nitrogens with one attached hydrogen (secondary N) is 1. The number of hydrogen-bond donors (Lipinski definition) is 2. The maximum absolute atomic E-state index is 13.9. The van der Waals surface area contributed by atoms with Crippen LogP contribution in [0.15, 0.2) is 54.6 Å². The van der Waals surface area contributed by atoms with Crippen molar-refractivity contribution in [3.05, 3.63) is 71.5 Å². The highest BCUT2D eigenvalue weighted by Gasteiger charge is 2.52. The molecule has 0 atom stereocenters. The molecule has 3 N–H and O–H groups in total. The lowest BCUT2D eigenvalue weighted by molar-refractivity contribution is -0.128. The van der Waals surface area contributed by atoms with Crippen LogP contribution < -0.4 is 11.1 Å². The first-order valence-corrected chi connectivity index (χ1v) is 9.37. The van der Waals surface area contributed by atoms with E-state index in [-0.39, 0.29) is 23.2 Å². The number of benzene rings is 2. The van der Waals surface area contributed by atoms with Crippen molar-refractivity contribution in [1.82, 2.24) is 5.32 Å². The van der Waals surface area contributed by atoms with Crippen LogP contribution in [0, 0.1) is 11.2 Å². The number of carbonyl (C=O) groups is 1. The first-order valence-electron chi connectivity index (χ1n) is 9.37. The van der Waals surface area contributed by atoms with Crippen molar-refractivity contribution >= 4 is 5.91 Å². The van der Waals surface area contributed by atoms with Gasteiger partial charge in [-0.1, -0.05) is 48.5 Å². The van der Waals surface area contributed by atoms with Crippen LogP contribution in [0.2, 0.25) is 0 Å². The molecule has 2 fully saturated rings. The van der Waals surface area contributed by atoms with Gasteiger partial charge < -0.3 is 11.1 Å². The highest BCUT2D eigenvalue weighted by atomic mass is 19.1. The number of halogens is 1. The van der Waals surface area contributed by atoms with Gasteiger partial charge in [-0.05, 0) is 49.3 Å². The Morgan fingerprint density at radius 1 is 1.08 bits per heavy atom. The average Bonchev–Trinajstić information content (AvgIpc) is 3.41. The molecule has 4 heteroatoms. The Morgan fingerprint density at radius 3 is 2.35 bits per heavy atom. The van der Waals surface area contributed by atoms with Crippen molar-refractivity contribution in [2.45, 2.75) is 43.6 Å². The lowest BCUT2D eigenvalue weighted by Crippen LogP contribution is -2.57. The number of hydrogen-bond acceptors (Lipinski definition) is 2. The minimum absolute atomic E-state index is 0.0263. The molecule has 3 nitrogen and oxygen atoms in total. The molecule has 2 aromatic rings. The smallest absolute Gasteiger partial charge is 0.226 e. The van der Waals surface area contributed by atoms with Gasteiger partial charge in [0.25, 0.3) is 0 Å². The van der Waals surface area contributed by atoms with E-state index in [0.717, 1.165) is 25.7 Å². The number of amides is 1. The maximum atomic E-state index is 13.9. The summed E-state index contributed by atoms with van der Waals surface area (Å²) < 4.78 is 13.9. The molecule has 0 saturated heterocycles. The van der Waals surface area contributed by atoms with Crippen LogP contribution in [-0.4, -0.2) is 18.5 Å². The van der Waals surface area contributed by atoms with Crippen LogP contribution in [0.5, 0.6) is 0 Å². The minimum atomic E-state index is -0.421. The predicted molar refractivity (Wildman–Crippen MR) is 100 cm³/mol. The van der Waals surface area contributed by atoms with Gasteiger partial charge in [-0.15, -0.1) is 0 Å². The summed E-state index contributed by atoms with van der Waals surface area (Å²) in [5.74, 6) is -0.147. The molecular formula is C22H25FN2O. The van der Waals surface area contributed by atoms with Gasteiger partial charge in [0.05, 0.1) is 5.41 Å². The van der Waals surface area contributed by atoms with E-state index in [4.69, 9.17) is 5.73 Å². The molecule has 0 unspecified atom stereocenters. The lowest BCUT2D eigenvalue weighted by atomic mass is 9.61. The van der Waals surface area contributed by atoms with E-state index in [2.05, 4.69) is 17.4 Å². The summed E-state index contributed by atoms with van der Waals surface area (Å²) in [6.07, 6.45) is 3.89. The Bertz CT molecular complexity index is 795. The van der Waals surface area contributed by atoms with Crippen LogP contribution >= 0.6 is 0 Å². The van der Waals surface area contributed by atoms with Crippen LogP contribution in [0.1, 0.15) is 36.8 Å². The molecule has 1 amide bonds. The molecule has 0 aliphatic heterocycles. The number of rotatable bonds is 6. The highest BCUT2D eigenvalue weighted by molar-refractivity contribution is 5.86. The first kappa shape index (κ1) is 17.2. The molecule has 2 aromatic carbocycles. The molecule has 26 heavy (non-hydrogen) atoms. The van der Waals surface area contributed by atoms with Crippen molar-refractivity contribution in [3.63, 3.8) is 0 Å². The largest absolute Gasteiger partial charge is 0.353 e. The van der Waals surface area contributed by atoms with E-state index in [0.29, 0.717) is 18.5 Å². The Morgan fingerprint density at radius 2 is 1.73 bits per heavy atom. The Kier molecular flexibility index (Phi) is 4.31. The molecule has 0 bridgehead atoms.